The van der Waals surface area contributed by atoms with Gasteiger partial charge in [0, 0.05) is 40.0 Å². The molecule has 0 spiro atoms. The van der Waals surface area contributed by atoms with Gasteiger partial charge in [0.25, 0.3) is 5.91 Å². The molecular weight excluding hydrogens is 470 g/mol. The molecule has 3 nitrogen and oxygen atoms in total. The third-order valence-corrected chi connectivity index (χ3v) is 5.31. The highest BCUT2D eigenvalue weighted by Gasteiger charge is 2.20. The van der Waals surface area contributed by atoms with Gasteiger partial charge in [0.15, 0.2) is 0 Å². The van der Waals surface area contributed by atoms with Gasteiger partial charge in [0.1, 0.15) is 0 Å². The lowest BCUT2D eigenvalue weighted by Crippen LogP contribution is -2.30. The largest absolute Gasteiger partial charge is 0.330 e. The summed E-state index contributed by atoms with van der Waals surface area (Å²) in [6, 6.07) is 14.2. The predicted molar refractivity (Wildman–Crippen MR) is 113 cm³/mol. The van der Waals surface area contributed by atoms with E-state index in [2.05, 4.69) is 20.9 Å². The van der Waals surface area contributed by atoms with E-state index in [0.29, 0.717) is 33.7 Å². The lowest BCUT2D eigenvalue weighted by atomic mass is 10.1. The fourth-order valence-corrected chi connectivity index (χ4v) is 3.82. The summed E-state index contributed by atoms with van der Waals surface area (Å²) in [4.78, 5) is 19.0. The maximum absolute atomic E-state index is 13.2. The van der Waals surface area contributed by atoms with Gasteiger partial charge in [-0.1, -0.05) is 62.9 Å². The van der Waals surface area contributed by atoms with Crippen LogP contribution in [0.5, 0.6) is 0 Å². The molecule has 3 rings (SSSR count). The SMILES string of the molecule is O=C(c1ccc(Br)cc1Cl)N(Cc1cccnc1)Cc1ccc(Cl)cc1Cl. The molecule has 0 aliphatic heterocycles. The molecule has 0 aliphatic rings. The summed E-state index contributed by atoms with van der Waals surface area (Å²) in [5, 5.41) is 1.44. The van der Waals surface area contributed by atoms with E-state index in [1.54, 1.807) is 47.6 Å². The Labute approximate surface area is 181 Å². The first-order valence-electron chi connectivity index (χ1n) is 8.01. The van der Waals surface area contributed by atoms with Crippen LogP contribution in [0.25, 0.3) is 0 Å². The van der Waals surface area contributed by atoms with E-state index < -0.39 is 0 Å². The number of rotatable bonds is 5. The van der Waals surface area contributed by atoms with Gasteiger partial charge < -0.3 is 4.90 Å². The first-order chi connectivity index (χ1) is 12.9. The Morgan fingerprint density at radius 2 is 1.81 bits per heavy atom. The zero-order valence-electron chi connectivity index (χ0n) is 14.0. The van der Waals surface area contributed by atoms with Crippen LogP contribution in [0.3, 0.4) is 0 Å². The van der Waals surface area contributed by atoms with Crippen molar-refractivity contribution in [3.63, 3.8) is 0 Å². The third-order valence-electron chi connectivity index (χ3n) is 3.92. The van der Waals surface area contributed by atoms with Crippen LogP contribution in [0.15, 0.2) is 65.4 Å². The number of benzene rings is 2. The smallest absolute Gasteiger partial charge is 0.255 e. The normalized spacial score (nSPS) is 10.7. The van der Waals surface area contributed by atoms with Crippen LogP contribution in [-0.4, -0.2) is 15.8 Å². The summed E-state index contributed by atoms with van der Waals surface area (Å²) in [6.45, 7) is 0.689. The van der Waals surface area contributed by atoms with Gasteiger partial charge >= 0.3 is 0 Å². The van der Waals surface area contributed by atoms with Gasteiger partial charge in [-0.25, -0.2) is 0 Å². The molecule has 0 aliphatic carbocycles. The van der Waals surface area contributed by atoms with Crippen LogP contribution >= 0.6 is 50.7 Å². The number of hydrogen-bond donors (Lipinski definition) is 0. The van der Waals surface area contributed by atoms with E-state index >= 15 is 0 Å². The quantitative estimate of drug-likeness (QED) is 0.406. The summed E-state index contributed by atoms with van der Waals surface area (Å²) >= 11 is 21.9. The van der Waals surface area contributed by atoms with Crippen molar-refractivity contribution >= 4 is 56.6 Å². The molecule has 0 fully saturated rings. The molecule has 0 saturated carbocycles. The summed E-state index contributed by atoms with van der Waals surface area (Å²) < 4.78 is 0.809. The van der Waals surface area contributed by atoms with Crippen molar-refractivity contribution in [2.45, 2.75) is 13.1 Å². The summed E-state index contributed by atoms with van der Waals surface area (Å²) in [5.41, 5.74) is 2.13. The van der Waals surface area contributed by atoms with Gasteiger partial charge in [-0.3, -0.25) is 9.78 Å². The van der Waals surface area contributed by atoms with E-state index in [0.717, 1.165) is 15.6 Å². The Bertz CT molecular complexity index is 967. The molecule has 0 radical (unpaired) electrons. The molecule has 1 aromatic heterocycles. The Hall–Kier alpha value is -1.59. The highest BCUT2D eigenvalue weighted by molar-refractivity contribution is 9.10. The fourth-order valence-electron chi connectivity index (χ4n) is 2.60. The molecule has 27 heavy (non-hydrogen) atoms. The van der Waals surface area contributed by atoms with Crippen molar-refractivity contribution in [1.29, 1.82) is 0 Å². The number of hydrogen-bond acceptors (Lipinski definition) is 2. The summed E-state index contributed by atoms with van der Waals surface area (Å²) in [6.07, 6.45) is 3.42. The van der Waals surface area contributed by atoms with Gasteiger partial charge in [0.2, 0.25) is 0 Å². The molecule has 2 aromatic carbocycles. The molecule has 0 N–H and O–H groups in total. The number of amides is 1. The number of nitrogens with zero attached hydrogens (tertiary/aromatic N) is 2. The average Bonchev–Trinajstić information content (AvgIpc) is 2.63. The first kappa shape index (κ1) is 20.2. The van der Waals surface area contributed by atoms with Crippen LogP contribution in [0.1, 0.15) is 21.5 Å². The minimum atomic E-state index is -0.192. The maximum atomic E-state index is 13.2. The highest BCUT2D eigenvalue weighted by atomic mass is 79.9. The number of halogens is 4. The molecule has 0 saturated heterocycles. The lowest BCUT2D eigenvalue weighted by Gasteiger charge is -2.24. The van der Waals surface area contributed by atoms with Crippen LogP contribution in [0.4, 0.5) is 0 Å². The highest BCUT2D eigenvalue weighted by Crippen LogP contribution is 2.26. The van der Waals surface area contributed by atoms with Gasteiger partial charge in [-0.2, -0.15) is 0 Å². The zero-order valence-corrected chi connectivity index (χ0v) is 17.9. The topological polar surface area (TPSA) is 33.2 Å². The van der Waals surface area contributed by atoms with Crippen LogP contribution in [0.2, 0.25) is 15.1 Å². The van der Waals surface area contributed by atoms with Gasteiger partial charge in [-0.15, -0.1) is 0 Å². The Kier molecular flexibility index (Phi) is 6.77. The number of aromatic nitrogens is 1. The lowest BCUT2D eigenvalue weighted by molar-refractivity contribution is 0.0730. The van der Waals surface area contributed by atoms with Crippen molar-refractivity contribution in [2.24, 2.45) is 0 Å². The second kappa shape index (κ2) is 9.07. The third kappa shape index (κ3) is 5.23. The number of carbonyl (C=O) groups is 1. The molecule has 138 valence electrons. The van der Waals surface area contributed by atoms with Gasteiger partial charge in [0.05, 0.1) is 10.6 Å². The molecule has 0 unspecified atom stereocenters. The van der Waals surface area contributed by atoms with Crippen LogP contribution in [-0.2, 0) is 13.1 Å². The summed E-state index contributed by atoms with van der Waals surface area (Å²) in [5.74, 6) is -0.192. The van der Waals surface area contributed by atoms with Crippen LogP contribution < -0.4 is 0 Å². The molecular formula is C20H14BrCl3N2O. The van der Waals surface area contributed by atoms with Crippen LogP contribution in [0, 0.1) is 0 Å². The van der Waals surface area contributed by atoms with Gasteiger partial charge in [-0.05, 0) is 47.5 Å². The molecule has 1 heterocycles. The minimum absolute atomic E-state index is 0.192. The Morgan fingerprint density at radius 1 is 1.00 bits per heavy atom. The van der Waals surface area contributed by atoms with E-state index in [1.165, 1.54) is 0 Å². The number of carbonyl (C=O) groups excluding carboxylic acids is 1. The van der Waals surface area contributed by atoms with Crippen molar-refractivity contribution in [1.82, 2.24) is 9.88 Å². The number of pyridine rings is 1. The van der Waals surface area contributed by atoms with E-state index in [-0.39, 0.29) is 5.91 Å². The fraction of sp³-hybridized carbons (Fsp3) is 0.100. The second-order valence-electron chi connectivity index (χ2n) is 5.88. The molecule has 1 amide bonds. The first-order valence-corrected chi connectivity index (χ1v) is 9.94. The van der Waals surface area contributed by atoms with Crippen molar-refractivity contribution in [3.05, 3.63) is 97.2 Å². The maximum Gasteiger partial charge on any atom is 0.255 e. The minimum Gasteiger partial charge on any atom is -0.330 e. The van der Waals surface area contributed by atoms with E-state index in [1.807, 2.05) is 18.2 Å². The standard InChI is InChI=1S/C20H14BrCl3N2O/c21-15-4-6-17(19(24)8-15)20(27)26(11-13-2-1-7-25-10-13)12-14-3-5-16(22)9-18(14)23/h1-10H,11-12H2. The van der Waals surface area contributed by atoms with Crippen molar-refractivity contribution in [3.8, 4) is 0 Å². The monoisotopic (exact) mass is 482 g/mol. The molecule has 3 aromatic rings. The van der Waals surface area contributed by atoms with E-state index in [4.69, 9.17) is 34.8 Å². The Morgan fingerprint density at radius 3 is 2.48 bits per heavy atom. The van der Waals surface area contributed by atoms with Crippen molar-refractivity contribution in [2.75, 3.05) is 0 Å². The average molecular weight is 485 g/mol. The second-order valence-corrected chi connectivity index (χ2v) is 8.05. The van der Waals surface area contributed by atoms with Crippen molar-refractivity contribution < 1.29 is 4.79 Å². The summed E-state index contributed by atoms with van der Waals surface area (Å²) in [7, 11) is 0. The zero-order chi connectivity index (χ0) is 19.4. The van der Waals surface area contributed by atoms with E-state index in [9.17, 15) is 4.79 Å². The molecule has 0 atom stereocenters. The predicted octanol–water partition coefficient (Wildman–Crippen LogP) is 6.65. The molecule has 0 bridgehead atoms. The Balaban J connectivity index is 1.94. The molecule has 7 heteroatoms.